The number of sulfonamides is 1. The zero-order valence-corrected chi connectivity index (χ0v) is 21.7. The lowest BCUT2D eigenvalue weighted by molar-refractivity contribution is -0.139. The lowest BCUT2D eigenvalue weighted by atomic mass is 10.0. The first kappa shape index (κ1) is 27.3. The van der Waals surface area contributed by atoms with Crippen LogP contribution in [-0.4, -0.2) is 54.8 Å². The van der Waals surface area contributed by atoms with Crippen molar-refractivity contribution in [1.82, 2.24) is 14.9 Å². The molecule has 194 valence electrons. The predicted octanol–water partition coefficient (Wildman–Crippen LogP) is 2.77. The largest absolute Gasteiger partial charge is 0.409 e. The molecule has 9 nitrogen and oxygen atoms in total. The molecule has 36 heavy (non-hydrogen) atoms. The number of amides is 2. The summed E-state index contributed by atoms with van der Waals surface area (Å²) in [6.45, 7) is 6.07. The molecule has 0 aliphatic carbocycles. The molecule has 0 saturated carbocycles. The molecule has 0 spiro atoms. The van der Waals surface area contributed by atoms with Gasteiger partial charge >= 0.3 is 0 Å². The maximum atomic E-state index is 13.5. The van der Waals surface area contributed by atoms with Gasteiger partial charge in [0.05, 0.1) is 5.75 Å². The van der Waals surface area contributed by atoms with Crippen LogP contribution in [0.3, 0.4) is 0 Å². The van der Waals surface area contributed by atoms with Crippen LogP contribution in [0.15, 0.2) is 59.8 Å². The standard InChI is InChI=1S/C26H34N4O5S/c1-18(2)16-22(29-36(34,35)17-20-8-5-4-6-9-20)26(32)30-15-7-10-23(30)25(31)27-24(28-33)21-13-11-19(3)12-14-21/h4-6,8-9,11-14,18,22-23,29,33H,7,10,15-17H2,1-3H3,(H,27,28,31)/t22?,23-/m0/s1. The average Bonchev–Trinajstić information content (AvgIpc) is 3.32. The van der Waals surface area contributed by atoms with E-state index in [1.165, 1.54) is 4.90 Å². The van der Waals surface area contributed by atoms with E-state index >= 15 is 0 Å². The van der Waals surface area contributed by atoms with E-state index in [0.29, 0.717) is 36.9 Å². The van der Waals surface area contributed by atoms with Crippen LogP contribution in [0.4, 0.5) is 0 Å². The quantitative estimate of drug-likeness (QED) is 0.205. The minimum absolute atomic E-state index is 0.0124. The number of hydrogen-bond acceptors (Lipinski definition) is 6. The Kier molecular flexibility index (Phi) is 9.22. The normalized spacial score (nSPS) is 17.3. The fourth-order valence-electron chi connectivity index (χ4n) is 4.29. The van der Waals surface area contributed by atoms with E-state index < -0.39 is 33.9 Å². The van der Waals surface area contributed by atoms with Crippen LogP contribution in [0, 0.1) is 12.8 Å². The molecule has 3 rings (SSSR count). The predicted molar refractivity (Wildman–Crippen MR) is 138 cm³/mol. The average molecular weight is 515 g/mol. The van der Waals surface area contributed by atoms with Gasteiger partial charge in [-0.1, -0.05) is 79.2 Å². The second-order valence-electron chi connectivity index (χ2n) is 9.54. The number of likely N-dealkylation sites (tertiary alicyclic amines) is 1. The lowest BCUT2D eigenvalue weighted by Gasteiger charge is -2.29. The zero-order chi connectivity index (χ0) is 26.3. The summed E-state index contributed by atoms with van der Waals surface area (Å²) in [5, 5.41) is 15.3. The van der Waals surface area contributed by atoms with Gasteiger partial charge in [0.15, 0.2) is 5.84 Å². The maximum Gasteiger partial charge on any atom is 0.248 e. The summed E-state index contributed by atoms with van der Waals surface area (Å²) >= 11 is 0. The van der Waals surface area contributed by atoms with Gasteiger partial charge < -0.3 is 15.4 Å². The number of oxime groups is 1. The fourth-order valence-corrected chi connectivity index (χ4v) is 5.64. The van der Waals surface area contributed by atoms with E-state index in [9.17, 15) is 23.2 Å². The van der Waals surface area contributed by atoms with Gasteiger partial charge in [-0.15, -0.1) is 0 Å². The Morgan fingerprint density at radius 2 is 1.78 bits per heavy atom. The molecule has 0 aromatic heterocycles. The monoisotopic (exact) mass is 514 g/mol. The zero-order valence-electron chi connectivity index (χ0n) is 20.8. The summed E-state index contributed by atoms with van der Waals surface area (Å²) in [6.07, 6.45) is 1.32. The molecular formula is C26H34N4O5S. The number of aryl methyl sites for hydroxylation is 1. The van der Waals surface area contributed by atoms with Crippen LogP contribution >= 0.6 is 0 Å². The Hall–Kier alpha value is -3.24. The molecule has 10 heteroatoms. The molecule has 2 aromatic carbocycles. The second kappa shape index (κ2) is 12.1. The first-order chi connectivity index (χ1) is 17.1. The second-order valence-corrected chi connectivity index (χ2v) is 11.3. The van der Waals surface area contributed by atoms with E-state index in [-0.39, 0.29) is 17.5 Å². The van der Waals surface area contributed by atoms with E-state index in [2.05, 4.69) is 15.2 Å². The molecule has 2 atom stereocenters. The number of carbonyl (C=O) groups excluding carboxylic acids is 2. The Morgan fingerprint density at radius 3 is 2.39 bits per heavy atom. The third kappa shape index (κ3) is 7.38. The Bertz CT molecular complexity index is 1180. The highest BCUT2D eigenvalue weighted by Crippen LogP contribution is 2.21. The first-order valence-electron chi connectivity index (χ1n) is 12.0. The number of carbonyl (C=O) groups is 2. The van der Waals surface area contributed by atoms with Crippen molar-refractivity contribution in [3.63, 3.8) is 0 Å². The molecule has 1 fully saturated rings. The topological polar surface area (TPSA) is 128 Å². The van der Waals surface area contributed by atoms with E-state index in [1.54, 1.807) is 42.5 Å². The number of benzene rings is 2. The Morgan fingerprint density at radius 1 is 1.11 bits per heavy atom. The summed E-state index contributed by atoms with van der Waals surface area (Å²) in [7, 11) is -3.80. The maximum absolute atomic E-state index is 13.5. The van der Waals surface area contributed by atoms with Crippen LogP contribution in [0.2, 0.25) is 0 Å². The van der Waals surface area contributed by atoms with Crippen molar-refractivity contribution in [3.8, 4) is 0 Å². The molecule has 3 N–H and O–H groups in total. The molecule has 1 aliphatic heterocycles. The molecule has 2 amide bonds. The summed E-state index contributed by atoms with van der Waals surface area (Å²) in [4.78, 5) is 28.1. The molecule has 1 heterocycles. The highest BCUT2D eigenvalue weighted by molar-refractivity contribution is 7.88. The SMILES string of the molecule is Cc1ccc(C(=NO)NC(=O)[C@@H]2CCCN2C(=O)C(CC(C)C)NS(=O)(=O)Cc2ccccc2)cc1. The summed E-state index contributed by atoms with van der Waals surface area (Å²) < 4.78 is 28.4. The molecular weight excluding hydrogens is 480 g/mol. The van der Waals surface area contributed by atoms with Gasteiger partial charge in [-0.05, 0) is 37.7 Å². The van der Waals surface area contributed by atoms with Gasteiger partial charge in [0.1, 0.15) is 12.1 Å². The first-order valence-corrected chi connectivity index (χ1v) is 13.7. The number of rotatable bonds is 9. The van der Waals surface area contributed by atoms with Gasteiger partial charge in [0.2, 0.25) is 21.8 Å². The smallest absolute Gasteiger partial charge is 0.248 e. The minimum atomic E-state index is -3.80. The van der Waals surface area contributed by atoms with Gasteiger partial charge in [-0.2, -0.15) is 0 Å². The van der Waals surface area contributed by atoms with Gasteiger partial charge in [0.25, 0.3) is 0 Å². The summed E-state index contributed by atoms with van der Waals surface area (Å²) in [5.74, 6) is -1.13. The molecule has 2 aromatic rings. The van der Waals surface area contributed by atoms with Crippen molar-refractivity contribution in [2.75, 3.05) is 6.54 Å². The van der Waals surface area contributed by atoms with Crippen molar-refractivity contribution in [3.05, 3.63) is 71.3 Å². The van der Waals surface area contributed by atoms with Crippen LogP contribution in [0.5, 0.6) is 0 Å². The van der Waals surface area contributed by atoms with Crippen LogP contribution in [0.25, 0.3) is 0 Å². The van der Waals surface area contributed by atoms with Crippen molar-refractivity contribution >= 4 is 27.7 Å². The van der Waals surface area contributed by atoms with E-state index in [4.69, 9.17) is 0 Å². The van der Waals surface area contributed by atoms with E-state index in [1.807, 2.05) is 32.9 Å². The highest BCUT2D eigenvalue weighted by Gasteiger charge is 2.39. The van der Waals surface area contributed by atoms with Gasteiger partial charge in [-0.3, -0.25) is 9.59 Å². The summed E-state index contributed by atoms with van der Waals surface area (Å²) in [6, 6.07) is 14.1. The molecule has 1 saturated heterocycles. The molecule has 1 aliphatic rings. The fraction of sp³-hybridized carbons (Fsp3) is 0.423. The summed E-state index contributed by atoms with van der Waals surface area (Å²) in [5.41, 5.74) is 2.16. The Labute approximate surface area is 212 Å². The molecule has 0 bridgehead atoms. The number of nitrogens with one attached hydrogen (secondary N) is 2. The van der Waals surface area contributed by atoms with Crippen LogP contribution < -0.4 is 10.0 Å². The van der Waals surface area contributed by atoms with Crippen molar-refractivity contribution < 1.29 is 23.2 Å². The minimum Gasteiger partial charge on any atom is -0.409 e. The van der Waals surface area contributed by atoms with Crippen molar-refractivity contribution in [2.45, 2.75) is 57.9 Å². The third-order valence-corrected chi connectivity index (χ3v) is 7.39. The van der Waals surface area contributed by atoms with Gasteiger partial charge in [-0.25, -0.2) is 13.1 Å². The highest BCUT2D eigenvalue weighted by atomic mass is 32.2. The van der Waals surface area contributed by atoms with Crippen LogP contribution in [0.1, 0.15) is 49.8 Å². The number of nitrogens with zero attached hydrogens (tertiary/aromatic N) is 2. The number of hydrogen-bond donors (Lipinski definition) is 3. The van der Waals surface area contributed by atoms with E-state index in [0.717, 1.165) is 5.56 Å². The third-order valence-electron chi connectivity index (χ3n) is 6.03. The number of amidine groups is 1. The van der Waals surface area contributed by atoms with Crippen LogP contribution in [-0.2, 0) is 25.4 Å². The van der Waals surface area contributed by atoms with Crippen molar-refractivity contribution in [1.29, 1.82) is 0 Å². The van der Waals surface area contributed by atoms with Crippen molar-refractivity contribution in [2.24, 2.45) is 11.1 Å². The molecule has 0 radical (unpaired) electrons. The Balaban J connectivity index is 1.74. The molecule has 1 unspecified atom stereocenters. The lowest BCUT2D eigenvalue weighted by Crippen LogP contribution is -2.54. The van der Waals surface area contributed by atoms with Gasteiger partial charge in [0, 0.05) is 12.1 Å².